The number of carbonyl (C=O) groups excluding carboxylic acids is 5. The van der Waals surface area contributed by atoms with Crippen molar-refractivity contribution < 1.29 is 217 Å². The lowest BCUT2D eigenvalue weighted by atomic mass is 9.88. The van der Waals surface area contributed by atoms with Crippen LogP contribution < -0.4 is 26.6 Å². The standard InChI is InChI=1S/C61H101N5O44/c1-15-34(81)41(88)43(90)57(97-15)105-47-25(11-71)101-54(33(65-19(5)77)51(47)108-56-31(63-17(3)75)40(87)37(84)23(9-69)100-56)96-14-27-38(85)49(32(53(93)98-27)64-18(4)76)107-59-45(92)52(110-61(60(94)95)6-20(78)29(66-28(80)13-73)50(109-61)35(82)21(79)7-67)48(26(12-72)103-59)106-58-44(91)42(89)46(24(10-70)102-58)104-55-30(62-16(2)74)39(86)36(83)22(8-68)99-55/h15,20-27,29-59,67-73,78-79,81-93H,6-14H2,1-5H3,(H,62,74)(H,63,75)(H,64,76)(H,65,77)(H,66,80)(H,94,95)/t15-,20-,21+,22+,23+,24+,25+,26+,27+,29+,30+,31+,32+,33+,34+,35+,36+,37+,38-,39+,40+,41+,42+,43-,44+,45+,46-,47+,48-,49+,50+,51+,52+,53?,54+,55+,56-,57-,58-,59-,61-/m0/s1. The molecule has 8 aliphatic rings. The Bertz CT molecular complexity index is 3000. The summed E-state index contributed by atoms with van der Waals surface area (Å²) in [6.07, 6.45) is -75.7. The summed E-state index contributed by atoms with van der Waals surface area (Å²) in [4.78, 5) is 77.7. The predicted octanol–water partition coefficient (Wildman–Crippen LogP) is -18.5. The minimum Gasteiger partial charge on any atom is -0.477 e. The van der Waals surface area contributed by atoms with Crippen LogP contribution in [-0.4, -0.2) is 457 Å². The van der Waals surface area contributed by atoms with E-state index in [9.17, 15) is 146 Å². The van der Waals surface area contributed by atoms with Crippen molar-refractivity contribution in [2.75, 3.05) is 52.9 Å². The summed E-state index contributed by atoms with van der Waals surface area (Å²) < 4.78 is 89.6. The van der Waals surface area contributed by atoms with Crippen LogP contribution in [0.4, 0.5) is 0 Å². The number of carbonyl (C=O) groups is 6. The number of ether oxygens (including phenoxy) is 15. The lowest BCUT2D eigenvalue weighted by Gasteiger charge is -2.52. The number of carboxylic acid groups (broad SMARTS) is 1. The zero-order valence-electron chi connectivity index (χ0n) is 59.3. The molecule has 110 heavy (non-hydrogen) atoms. The molecule has 49 nitrogen and oxygen atoms in total. The van der Waals surface area contributed by atoms with E-state index in [1.165, 1.54) is 6.92 Å². The molecule has 0 bridgehead atoms. The second-order valence-electron chi connectivity index (χ2n) is 27.5. The van der Waals surface area contributed by atoms with Gasteiger partial charge in [-0.05, 0) is 6.92 Å². The van der Waals surface area contributed by atoms with Crippen molar-refractivity contribution >= 4 is 35.5 Å². The molecule has 49 heteroatoms. The van der Waals surface area contributed by atoms with Crippen LogP contribution in [0.15, 0.2) is 0 Å². The Balaban J connectivity index is 1.15. The van der Waals surface area contributed by atoms with Crippen LogP contribution >= 0.6 is 0 Å². The first-order chi connectivity index (χ1) is 51.8. The molecule has 8 aliphatic heterocycles. The smallest absolute Gasteiger partial charge is 0.364 e. The highest BCUT2D eigenvalue weighted by Gasteiger charge is 2.64. The number of aliphatic hydroxyl groups excluding tert-OH is 22. The van der Waals surface area contributed by atoms with Gasteiger partial charge in [-0.15, -0.1) is 0 Å². The molecule has 8 fully saturated rings. The number of amides is 5. The highest BCUT2D eigenvalue weighted by atomic mass is 16.8. The molecule has 0 spiro atoms. The Kier molecular flexibility index (Phi) is 32.5. The van der Waals surface area contributed by atoms with E-state index >= 15 is 0 Å². The maximum atomic E-state index is 13.9. The van der Waals surface area contributed by atoms with Crippen molar-refractivity contribution in [2.24, 2.45) is 0 Å². The maximum Gasteiger partial charge on any atom is 0.364 e. The lowest BCUT2D eigenvalue weighted by molar-refractivity contribution is -0.405. The minimum absolute atomic E-state index is 0.833. The summed E-state index contributed by atoms with van der Waals surface area (Å²) >= 11 is 0. The number of aliphatic hydroxyl groups is 22. The Morgan fingerprint density at radius 1 is 0.409 bits per heavy atom. The van der Waals surface area contributed by atoms with E-state index in [0.717, 1.165) is 27.7 Å². The van der Waals surface area contributed by atoms with Gasteiger partial charge in [0.25, 0.3) is 5.79 Å². The third-order valence-electron chi connectivity index (χ3n) is 19.7. The molecular weight excluding hydrogens is 1510 g/mol. The summed E-state index contributed by atoms with van der Waals surface area (Å²) in [6.45, 7) is -4.33. The van der Waals surface area contributed by atoms with Crippen molar-refractivity contribution in [2.45, 2.75) is 292 Å². The van der Waals surface area contributed by atoms with Gasteiger partial charge < -0.3 is 215 Å². The molecule has 0 radical (unpaired) electrons. The average molecular weight is 1610 g/mol. The SMILES string of the molecule is CC(=O)N[C@H]1[C@H](O[C@@H]2[C@@H](NC(C)=O)[C@H](OC[C@H]3OC(O)[C@H](NC(C)=O)[C@@H](O[C@@H]4O[C@H](CO)[C@H](O[C@@H]5O[C@H](CO)[C@H](O[C@H]6O[C@H](CO)[C@@H](O)[C@H](O)[C@H]6NC(C)=O)[C@H](O)[C@H]5O)[C@H](O[C@]5(C(=O)O)C[C@H](O)[C@@H](NC(=O)CO)[C@H]([C@H](O)[C@H](O)CO)O5)[C@H]4O)[C@H]3O)O[C@H](CO)[C@H]2O[C@@H]2O[C@@H](C)[C@@H](O)[C@@H](O)[C@@H]2O)O[C@H](CO)[C@@H](O)[C@@H]1O. The van der Waals surface area contributed by atoms with Crippen molar-refractivity contribution in [3.63, 3.8) is 0 Å². The molecule has 0 aliphatic carbocycles. The first-order valence-electron chi connectivity index (χ1n) is 34.8. The summed E-state index contributed by atoms with van der Waals surface area (Å²) in [5, 5.41) is 266. The number of aliphatic carboxylic acids is 1. The van der Waals surface area contributed by atoms with Gasteiger partial charge in [0.15, 0.2) is 44.0 Å². The van der Waals surface area contributed by atoms with Crippen LogP contribution in [0.3, 0.4) is 0 Å². The van der Waals surface area contributed by atoms with Crippen molar-refractivity contribution in [3.8, 4) is 0 Å². The molecule has 8 saturated heterocycles. The minimum atomic E-state index is -3.57. The normalized spacial score (nSPS) is 45.8. The fourth-order valence-electron chi connectivity index (χ4n) is 14.0. The number of hydrogen-bond donors (Lipinski definition) is 28. The van der Waals surface area contributed by atoms with Crippen LogP contribution in [-0.2, 0) is 99.8 Å². The van der Waals surface area contributed by atoms with E-state index in [2.05, 4.69) is 26.6 Å². The third kappa shape index (κ3) is 20.2. The summed E-state index contributed by atoms with van der Waals surface area (Å²) in [5.74, 6) is -10.8. The van der Waals surface area contributed by atoms with Crippen LogP contribution in [0.1, 0.15) is 41.0 Å². The fraction of sp³-hybridized carbons (Fsp3) is 0.902. The fourth-order valence-corrected chi connectivity index (χ4v) is 14.0. The molecule has 1 unspecified atom stereocenters. The second kappa shape index (κ2) is 39.3. The molecule has 8 heterocycles. The Morgan fingerprint density at radius 3 is 1.33 bits per heavy atom. The van der Waals surface area contributed by atoms with Gasteiger partial charge in [-0.2, -0.15) is 0 Å². The highest BCUT2D eigenvalue weighted by molar-refractivity contribution is 5.78. The highest BCUT2D eigenvalue weighted by Crippen LogP contribution is 2.42. The van der Waals surface area contributed by atoms with E-state index in [4.69, 9.17) is 71.1 Å². The quantitative estimate of drug-likeness (QED) is 0.0318. The molecule has 0 aromatic carbocycles. The molecule has 634 valence electrons. The van der Waals surface area contributed by atoms with Crippen LogP contribution in [0.2, 0.25) is 0 Å². The van der Waals surface area contributed by atoms with Crippen molar-refractivity contribution in [3.05, 3.63) is 0 Å². The Morgan fingerprint density at radius 2 is 0.836 bits per heavy atom. The van der Waals surface area contributed by atoms with Crippen molar-refractivity contribution in [1.82, 2.24) is 26.6 Å². The van der Waals surface area contributed by atoms with Crippen molar-refractivity contribution in [1.29, 1.82) is 0 Å². The average Bonchev–Trinajstić information content (AvgIpc) is 0.747. The van der Waals surface area contributed by atoms with E-state index in [1.807, 2.05) is 0 Å². The lowest BCUT2D eigenvalue weighted by Crippen LogP contribution is -2.72. The summed E-state index contributed by atoms with van der Waals surface area (Å²) in [7, 11) is 0. The Labute approximate surface area is 622 Å². The summed E-state index contributed by atoms with van der Waals surface area (Å²) in [6, 6.07) is -9.38. The molecule has 8 rings (SSSR count). The van der Waals surface area contributed by atoms with Gasteiger partial charge in [0.1, 0.15) is 189 Å². The molecule has 0 saturated carbocycles. The first-order valence-corrected chi connectivity index (χ1v) is 34.8. The van der Waals surface area contributed by atoms with Gasteiger partial charge in [-0.25, -0.2) is 4.79 Å². The van der Waals surface area contributed by atoms with Gasteiger partial charge in [-0.3, -0.25) is 24.0 Å². The Hall–Kier alpha value is -4.66. The summed E-state index contributed by atoms with van der Waals surface area (Å²) in [5.41, 5.74) is 0. The second-order valence-corrected chi connectivity index (χ2v) is 27.5. The first kappa shape index (κ1) is 90.9. The van der Waals surface area contributed by atoms with Gasteiger partial charge in [0.05, 0.1) is 64.5 Å². The van der Waals surface area contributed by atoms with Gasteiger partial charge in [0.2, 0.25) is 29.5 Å². The van der Waals surface area contributed by atoms with E-state index < -0.39 is 346 Å². The van der Waals surface area contributed by atoms with Crippen LogP contribution in [0.5, 0.6) is 0 Å². The molecule has 28 N–H and O–H groups in total. The van der Waals surface area contributed by atoms with Gasteiger partial charge in [-0.1, -0.05) is 0 Å². The van der Waals surface area contributed by atoms with Gasteiger partial charge in [0, 0.05) is 34.1 Å². The topological polar surface area (TPSA) is 766 Å². The molecule has 5 amide bonds. The van der Waals surface area contributed by atoms with Gasteiger partial charge >= 0.3 is 5.97 Å². The zero-order chi connectivity index (χ0) is 81.6. The van der Waals surface area contributed by atoms with E-state index in [0.29, 0.717) is 0 Å². The van der Waals surface area contributed by atoms with E-state index in [-0.39, 0.29) is 0 Å². The molecular formula is C61H101N5O44. The monoisotopic (exact) mass is 1610 g/mol. The third-order valence-corrected chi connectivity index (χ3v) is 19.7. The number of nitrogens with one attached hydrogen (secondary N) is 5. The molecule has 0 aromatic heterocycles. The molecule has 0 aromatic rings. The molecule has 41 atom stereocenters. The number of carboxylic acids is 1. The van der Waals surface area contributed by atoms with Crippen LogP contribution in [0, 0.1) is 0 Å². The maximum absolute atomic E-state index is 13.9. The zero-order valence-corrected chi connectivity index (χ0v) is 59.3. The largest absolute Gasteiger partial charge is 0.477 e. The number of hydrogen-bond acceptors (Lipinski definition) is 43. The predicted molar refractivity (Wildman–Crippen MR) is 340 cm³/mol. The van der Waals surface area contributed by atoms with E-state index in [1.54, 1.807) is 0 Å². The number of rotatable bonds is 30. The van der Waals surface area contributed by atoms with Crippen LogP contribution in [0.25, 0.3) is 0 Å².